The van der Waals surface area contributed by atoms with Crippen molar-refractivity contribution in [3.8, 4) is 0 Å². The number of nitrogens with one attached hydrogen (secondary N) is 1. The summed E-state index contributed by atoms with van der Waals surface area (Å²) in [5, 5.41) is 12.6. The van der Waals surface area contributed by atoms with Crippen LogP contribution >= 0.6 is 0 Å². The van der Waals surface area contributed by atoms with Crippen LogP contribution in [0.15, 0.2) is 0 Å². The maximum Gasteiger partial charge on any atom is 0.0494 e. The lowest BCUT2D eigenvalue weighted by Crippen LogP contribution is -2.35. The Bertz CT molecular complexity index is 168. The van der Waals surface area contributed by atoms with Crippen LogP contribution in [0, 0.1) is 17.3 Å². The maximum absolute atomic E-state index is 9.10. The van der Waals surface area contributed by atoms with Crippen LogP contribution in [-0.4, -0.2) is 24.8 Å². The molecule has 0 aliphatic heterocycles. The Morgan fingerprint density at radius 3 is 2.57 bits per heavy atom. The molecular formula is C12H25NO. The summed E-state index contributed by atoms with van der Waals surface area (Å²) in [4.78, 5) is 0. The van der Waals surface area contributed by atoms with E-state index in [4.69, 9.17) is 5.11 Å². The minimum Gasteiger partial charge on any atom is -0.396 e. The van der Waals surface area contributed by atoms with Gasteiger partial charge in [-0.3, -0.25) is 0 Å². The predicted molar refractivity (Wildman–Crippen MR) is 60.2 cm³/mol. The average Bonchev–Trinajstić information content (AvgIpc) is 2.52. The molecule has 0 aromatic carbocycles. The largest absolute Gasteiger partial charge is 0.396 e. The lowest BCUT2D eigenvalue weighted by Gasteiger charge is -2.24. The Morgan fingerprint density at radius 2 is 2.07 bits per heavy atom. The first kappa shape index (κ1) is 12.0. The molecule has 1 aliphatic rings. The smallest absolute Gasteiger partial charge is 0.0494 e. The van der Waals surface area contributed by atoms with E-state index in [2.05, 4.69) is 26.1 Å². The Hall–Kier alpha value is -0.0800. The van der Waals surface area contributed by atoms with Crippen LogP contribution in [0.25, 0.3) is 0 Å². The summed E-state index contributed by atoms with van der Waals surface area (Å²) in [6.45, 7) is 8.87. The van der Waals surface area contributed by atoms with Crippen molar-refractivity contribution in [2.24, 2.45) is 17.3 Å². The van der Waals surface area contributed by atoms with Crippen molar-refractivity contribution in [3.05, 3.63) is 0 Å². The minimum atomic E-state index is 0.0296. The van der Waals surface area contributed by atoms with Gasteiger partial charge < -0.3 is 10.4 Å². The van der Waals surface area contributed by atoms with Crippen LogP contribution in [0.2, 0.25) is 0 Å². The third kappa shape index (κ3) is 3.58. The third-order valence-electron chi connectivity index (χ3n) is 3.48. The van der Waals surface area contributed by atoms with Gasteiger partial charge in [-0.15, -0.1) is 0 Å². The molecule has 14 heavy (non-hydrogen) atoms. The summed E-state index contributed by atoms with van der Waals surface area (Å²) in [5.41, 5.74) is 0.0296. The highest BCUT2D eigenvalue weighted by atomic mass is 16.3. The van der Waals surface area contributed by atoms with Gasteiger partial charge in [0.1, 0.15) is 0 Å². The molecule has 2 unspecified atom stereocenters. The molecule has 1 fully saturated rings. The van der Waals surface area contributed by atoms with Gasteiger partial charge in [0.25, 0.3) is 0 Å². The first-order chi connectivity index (χ1) is 6.55. The molecule has 2 N–H and O–H groups in total. The van der Waals surface area contributed by atoms with Crippen LogP contribution in [0.4, 0.5) is 0 Å². The Morgan fingerprint density at radius 1 is 1.36 bits per heavy atom. The van der Waals surface area contributed by atoms with Gasteiger partial charge >= 0.3 is 0 Å². The van der Waals surface area contributed by atoms with E-state index >= 15 is 0 Å². The van der Waals surface area contributed by atoms with E-state index in [0.29, 0.717) is 0 Å². The standard InChI is InChI=1S/C12H25NO/c1-10-5-4-6-11(10)7-13-8-12(2,3)9-14/h10-11,13-14H,4-9H2,1-3H3. The zero-order chi connectivity index (χ0) is 10.6. The molecule has 0 bridgehead atoms. The van der Waals surface area contributed by atoms with Crippen molar-refractivity contribution in [1.29, 1.82) is 0 Å². The van der Waals surface area contributed by atoms with E-state index in [1.54, 1.807) is 0 Å². The zero-order valence-corrected chi connectivity index (χ0v) is 9.84. The highest BCUT2D eigenvalue weighted by Gasteiger charge is 2.23. The minimum absolute atomic E-state index is 0.0296. The van der Waals surface area contributed by atoms with Gasteiger partial charge in [0.05, 0.1) is 0 Å². The second-order valence-corrected chi connectivity index (χ2v) is 5.62. The first-order valence-electron chi connectivity index (χ1n) is 5.87. The molecule has 2 atom stereocenters. The fourth-order valence-corrected chi connectivity index (χ4v) is 2.18. The normalized spacial score (nSPS) is 28.3. The van der Waals surface area contributed by atoms with Gasteiger partial charge in [0.2, 0.25) is 0 Å². The Kier molecular flexibility index (Phi) is 4.39. The van der Waals surface area contributed by atoms with Gasteiger partial charge in [0.15, 0.2) is 0 Å². The molecule has 0 aromatic heterocycles. The molecule has 1 rings (SSSR count). The highest BCUT2D eigenvalue weighted by molar-refractivity contribution is 4.77. The second kappa shape index (κ2) is 5.13. The van der Waals surface area contributed by atoms with Crippen LogP contribution in [0.5, 0.6) is 0 Å². The summed E-state index contributed by atoms with van der Waals surface area (Å²) >= 11 is 0. The number of aliphatic hydroxyl groups excluding tert-OH is 1. The van der Waals surface area contributed by atoms with E-state index in [0.717, 1.165) is 24.9 Å². The molecule has 0 amide bonds. The average molecular weight is 199 g/mol. The van der Waals surface area contributed by atoms with Crippen LogP contribution in [-0.2, 0) is 0 Å². The summed E-state index contributed by atoms with van der Waals surface area (Å²) in [6, 6.07) is 0. The van der Waals surface area contributed by atoms with E-state index in [1.807, 2.05) is 0 Å². The lowest BCUT2D eigenvalue weighted by atomic mass is 9.93. The van der Waals surface area contributed by atoms with Gasteiger partial charge in [-0.1, -0.05) is 33.6 Å². The third-order valence-corrected chi connectivity index (χ3v) is 3.48. The summed E-state index contributed by atoms with van der Waals surface area (Å²) in [5.74, 6) is 1.75. The molecule has 0 saturated heterocycles. The van der Waals surface area contributed by atoms with E-state index in [1.165, 1.54) is 19.3 Å². The van der Waals surface area contributed by atoms with E-state index in [9.17, 15) is 0 Å². The fraction of sp³-hybridized carbons (Fsp3) is 1.00. The number of aliphatic hydroxyl groups is 1. The van der Waals surface area contributed by atoms with Crippen LogP contribution in [0.3, 0.4) is 0 Å². The van der Waals surface area contributed by atoms with Crippen molar-refractivity contribution in [3.63, 3.8) is 0 Å². The highest BCUT2D eigenvalue weighted by Crippen LogP contribution is 2.30. The molecule has 0 radical (unpaired) electrons. The molecule has 1 aliphatic carbocycles. The molecule has 1 saturated carbocycles. The lowest BCUT2D eigenvalue weighted by molar-refractivity contribution is 0.154. The Labute approximate surface area is 88.1 Å². The second-order valence-electron chi connectivity index (χ2n) is 5.62. The number of hydrogen-bond acceptors (Lipinski definition) is 2. The SMILES string of the molecule is CC1CCCC1CNCC(C)(C)CO. The van der Waals surface area contributed by atoms with Gasteiger partial charge in [-0.05, 0) is 24.8 Å². The quantitative estimate of drug-likeness (QED) is 0.710. The Balaban J connectivity index is 2.15. The van der Waals surface area contributed by atoms with Crippen molar-refractivity contribution < 1.29 is 5.11 Å². The molecular weight excluding hydrogens is 174 g/mol. The van der Waals surface area contributed by atoms with Crippen molar-refractivity contribution >= 4 is 0 Å². The molecule has 2 nitrogen and oxygen atoms in total. The number of rotatable bonds is 5. The van der Waals surface area contributed by atoms with Crippen molar-refractivity contribution in [2.75, 3.05) is 19.7 Å². The molecule has 2 heteroatoms. The monoisotopic (exact) mass is 199 g/mol. The van der Waals surface area contributed by atoms with Crippen LogP contribution < -0.4 is 5.32 Å². The number of hydrogen-bond donors (Lipinski definition) is 2. The van der Waals surface area contributed by atoms with Crippen molar-refractivity contribution in [2.45, 2.75) is 40.0 Å². The molecule has 0 aromatic rings. The summed E-state index contributed by atoms with van der Waals surface area (Å²) in [7, 11) is 0. The summed E-state index contributed by atoms with van der Waals surface area (Å²) < 4.78 is 0. The molecule has 0 spiro atoms. The van der Waals surface area contributed by atoms with E-state index in [-0.39, 0.29) is 12.0 Å². The fourth-order valence-electron chi connectivity index (χ4n) is 2.18. The van der Waals surface area contributed by atoms with Crippen LogP contribution in [0.1, 0.15) is 40.0 Å². The molecule has 0 heterocycles. The maximum atomic E-state index is 9.10. The zero-order valence-electron chi connectivity index (χ0n) is 9.84. The summed E-state index contributed by atoms with van der Waals surface area (Å²) in [6.07, 6.45) is 4.18. The first-order valence-corrected chi connectivity index (χ1v) is 5.87. The van der Waals surface area contributed by atoms with Gasteiger partial charge in [-0.2, -0.15) is 0 Å². The topological polar surface area (TPSA) is 32.3 Å². The van der Waals surface area contributed by atoms with Gasteiger partial charge in [-0.25, -0.2) is 0 Å². The molecule has 84 valence electrons. The van der Waals surface area contributed by atoms with Crippen molar-refractivity contribution in [1.82, 2.24) is 5.32 Å². The predicted octanol–water partition coefficient (Wildman–Crippen LogP) is 2.03. The van der Waals surface area contributed by atoms with E-state index < -0.39 is 0 Å². The van der Waals surface area contributed by atoms with Gasteiger partial charge in [0, 0.05) is 18.6 Å².